The Morgan fingerprint density at radius 1 is 1.04 bits per heavy atom. The lowest BCUT2D eigenvalue weighted by Crippen LogP contribution is -2.16. The molecule has 0 spiro atoms. The SMILES string of the molecule is COc1cc(C=O)cc(Cl)c1OCCOc1cc(C)ccc1C(C)(C)C. The number of aldehydes is 1. The van der Waals surface area contributed by atoms with E-state index in [1.165, 1.54) is 7.11 Å². The quantitative estimate of drug-likeness (QED) is 0.490. The summed E-state index contributed by atoms with van der Waals surface area (Å²) in [5.74, 6) is 1.68. The van der Waals surface area contributed by atoms with Crippen molar-refractivity contribution in [1.29, 1.82) is 0 Å². The molecule has 0 saturated carbocycles. The van der Waals surface area contributed by atoms with Crippen LogP contribution in [0.4, 0.5) is 0 Å². The van der Waals surface area contributed by atoms with E-state index in [-0.39, 0.29) is 5.41 Å². The number of ether oxygens (including phenoxy) is 3. The molecule has 0 amide bonds. The van der Waals surface area contributed by atoms with Gasteiger partial charge < -0.3 is 14.2 Å². The van der Waals surface area contributed by atoms with Crippen molar-refractivity contribution in [2.75, 3.05) is 20.3 Å². The topological polar surface area (TPSA) is 44.8 Å². The molecule has 0 aliphatic heterocycles. The van der Waals surface area contributed by atoms with Crippen molar-refractivity contribution in [3.8, 4) is 17.2 Å². The molecular weight excluding hydrogens is 352 g/mol. The van der Waals surface area contributed by atoms with E-state index in [2.05, 4.69) is 32.9 Å². The minimum atomic E-state index is -0.0128. The van der Waals surface area contributed by atoms with Gasteiger partial charge in [-0.05, 0) is 41.7 Å². The second kappa shape index (κ2) is 8.45. The van der Waals surface area contributed by atoms with Gasteiger partial charge in [0.25, 0.3) is 0 Å². The number of carbonyl (C=O) groups is 1. The Balaban J connectivity index is 2.06. The zero-order valence-corrected chi connectivity index (χ0v) is 16.6. The zero-order valence-electron chi connectivity index (χ0n) is 15.9. The average molecular weight is 377 g/mol. The molecule has 0 N–H and O–H groups in total. The summed E-state index contributed by atoms with van der Waals surface area (Å²) >= 11 is 6.19. The molecule has 0 unspecified atom stereocenters. The summed E-state index contributed by atoms with van der Waals surface area (Å²) < 4.78 is 17.0. The molecule has 0 aliphatic carbocycles. The minimum absolute atomic E-state index is 0.0128. The standard InChI is InChI=1S/C21H25ClO4/c1-14-6-7-16(21(2,3)4)18(10-14)25-8-9-26-20-17(22)11-15(13-23)12-19(20)24-5/h6-7,10-13H,8-9H2,1-5H3. The van der Waals surface area contributed by atoms with Crippen LogP contribution < -0.4 is 14.2 Å². The molecule has 2 aromatic rings. The molecular formula is C21H25ClO4. The van der Waals surface area contributed by atoms with Crippen molar-refractivity contribution in [2.45, 2.75) is 33.1 Å². The van der Waals surface area contributed by atoms with Crippen LogP contribution in [0, 0.1) is 6.92 Å². The van der Waals surface area contributed by atoms with Gasteiger partial charge in [-0.1, -0.05) is 44.5 Å². The Bertz CT molecular complexity index is 778. The van der Waals surface area contributed by atoms with Gasteiger partial charge >= 0.3 is 0 Å². The maximum atomic E-state index is 10.9. The molecule has 0 saturated heterocycles. The summed E-state index contributed by atoms with van der Waals surface area (Å²) in [6.45, 7) is 9.16. The lowest BCUT2D eigenvalue weighted by molar-refractivity contribution is 0.112. The van der Waals surface area contributed by atoms with Gasteiger partial charge in [-0.25, -0.2) is 0 Å². The van der Waals surface area contributed by atoms with Gasteiger partial charge in [0.1, 0.15) is 25.2 Å². The molecule has 140 valence electrons. The first-order chi connectivity index (χ1) is 12.3. The van der Waals surface area contributed by atoms with Gasteiger partial charge in [-0.3, -0.25) is 4.79 Å². The molecule has 0 heterocycles. The summed E-state index contributed by atoms with van der Waals surface area (Å²) in [6.07, 6.45) is 0.715. The normalized spacial score (nSPS) is 11.2. The summed E-state index contributed by atoms with van der Waals surface area (Å²) in [6, 6.07) is 9.36. The Kier molecular flexibility index (Phi) is 6.54. The van der Waals surface area contributed by atoms with Crippen LogP contribution >= 0.6 is 11.6 Å². The van der Waals surface area contributed by atoms with Crippen LogP contribution in [-0.2, 0) is 5.41 Å². The summed E-state index contributed by atoms with van der Waals surface area (Å²) in [5, 5.41) is 0.331. The fourth-order valence-corrected chi connectivity index (χ4v) is 2.89. The van der Waals surface area contributed by atoms with Gasteiger partial charge in [0.05, 0.1) is 12.1 Å². The van der Waals surface area contributed by atoms with E-state index in [1.807, 2.05) is 13.0 Å². The van der Waals surface area contributed by atoms with E-state index in [9.17, 15) is 4.79 Å². The first-order valence-electron chi connectivity index (χ1n) is 8.45. The van der Waals surface area contributed by atoms with Crippen LogP contribution in [0.25, 0.3) is 0 Å². The Hall–Kier alpha value is -2.20. The second-order valence-corrected chi connectivity index (χ2v) is 7.51. The van der Waals surface area contributed by atoms with E-state index in [0.29, 0.717) is 41.6 Å². The van der Waals surface area contributed by atoms with Crippen LogP contribution in [-0.4, -0.2) is 26.6 Å². The summed E-state index contributed by atoms with van der Waals surface area (Å²) in [7, 11) is 1.51. The molecule has 0 bridgehead atoms. The van der Waals surface area contributed by atoms with Crippen molar-refractivity contribution in [3.05, 3.63) is 52.0 Å². The number of hydrogen-bond acceptors (Lipinski definition) is 4. The zero-order chi connectivity index (χ0) is 19.3. The van der Waals surface area contributed by atoms with Crippen LogP contribution in [0.2, 0.25) is 5.02 Å². The van der Waals surface area contributed by atoms with Crippen LogP contribution in [0.1, 0.15) is 42.3 Å². The highest BCUT2D eigenvalue weighted by molar-refractivity contribution is 6.32. The first kappa shape index (κ1) is 20.1. The van der Waals surface area contributed by atoms with Gasteiger partial charge in [-0.2, -0.15) is 0 Å². The molecule has 4 nitrogen and oxygen atoms in total. The highest BCUT2D eigenvalue weighted by Gasteiger charge is 2.19. The van der Waals surface area contributed by atoms with Crippen LogP contribution in [0.15, 0.2) is 30.3 Å². The third kappa shape index (κ3) is 4.92. The summed E-state index contributed by atoms with van der Waals surface area (Å²) in [5.41, 5.74) is 2.71. The number of halogens is 1. The molecule has 2 rings (SSSR count). The predicted molar refractivity (Wildman–Crippen MR) is 104 cm³/mol. The van der Waals surface area contributed by atoms with Gasteiger partial charge in [0.2, 0.25) is 0 Å². The summed E-state index contributed by atoms with van der Waals surface area (Å²) in [4.78, 5) is 10.9. The molecule has 2 aromatic carbocycles. The molecule has 0 aromatic heterocycles. The van der Waals surface area contributed by atoms with E-state index >= 15 is 0 Å². The van der Waals surface area contributed by atoms with E-state index < -0.39 is 0 Å². The predicted octanol–water partition coefficient (Wildman–Crippen LogP) is 5.22. The van der Waals surface area contributed by atoms with Gasteiger partial charge in [0, 0.05) is 5.56 Å². The number of hydrogen-bond donors (Lipinski definition) is 0. The number of benzene rings is 2. The molecule has 0 aliphatic rings. The molecule has 26 heavy (non-hydrogen) atoms. The van der Waals surface area contributed by atoms with E-state index in [1.54, 1.807) is 12.1 Å². The maximum Gasteiger partial charge on any atom is 0.179 e. The molecule has 0 atom stereocenters. The smallest absolute Gasteiger partial charge is 0.179 e. The Morgan fingerprint density at radius 2 is 1.73 bits per heavy atom. The van der Waals surface area contributed by atoms with Gasteiger partial charge in [0.15, 0.2) is 11.5 Å². The fourth-order valence-electron chi connectivity index (χ4n) is 2.61. The van der Waals surface area contributed by atoms with Crippen molar-refractivity contribution >= 4 is 17.9 Å². The van der Waals surface area contributed by atoms with Crippen LogP contribution in [0.3, 0.4) is 0 Å². The van der Waals surface area contributed by atoms with Crippen molar-refractivity contribution < 1.29 is 19.0 Å². The highest BCUT2D eigenvalue weighted by atomic mass is 35.5. The van der Waals surface area contributed by atoms with Crippen molar-refractivity contribution in [1.82, 2.24) is 0 Å². The number of methoxy groups -OCH3 is 1. The average Bonchev–Trinajstić information content (AvgIpc) is 2.58. The largest absolute Gasteiger partial charge is 0.493 e. The Morgan fingerprint density at radius 3 is 2.35 bits per heavy atom. The monoisotopic (exact) mass is 376 g/mol. The third-order valence-electron chi connectivity index (χ3n) is 3.92. The lowest BCUT2D eigenvalue weighted by Gasteiger charge is -2.23. The highest BCUT2D eigenvalue weighted by Crippen LogP contribution is 2.36. The number of aryl methyl sites for hydroxylation is 1. The number of carbonyl (C=O) groups excluding carboxylic acids is 1. The lowest BCUT2D eigenvalue weighted by atomic mass is 9.86. The molecule has 0 radical (unpaired) electrons. The number of rotatable bonds is 7. The Labute approximate surface area is 160 Å². The van der Waals surface area contributed by atoms with Gasteiger partial charge in [-0.15, -0.1) is 0 Å². The second-order valence-electron chi connectivity index (χ2n) is 7.10. The van der Waals surface area contributed by atoms with E-state index in [0.717, 1.165) is 16.9 Å². The maximum absolute atomic E-state index is 10.9. The van der Waals surface area contributed by atoms with Crippen LogP contribution in [0.5, 0.6) is 17.2 Å². The minimum Gasteiger partial charge on any atom is -0.493 e. The third-order valence-corrected chi connectivity index (χ3v) is 4.20. The molecule has 5 heteroatoms. The van der Waals surface area contributed by atoms with Crippen molar-refractivity contribution in [2.24, 2.45) is 0 Å². The van der Waals surface area contributed by atoms with Crippen molar-refractivity contribution in [3.63, 3.8) is 0 Å². The molecule has 0 fully saturated rings. The first-order valence-corrected chi connectivity index (χ1v) is 8.83. The fraction of sp³-hybridized carbons (Fsp3) is 0.381. The van der Waals surface area contributed by atoms with E-state index in [4.69, 9.17) is 25.8 Å².